The third-order valence-electron chi connectivity index (χ3n) is 6.48. The predicted molar refractivity (Wildman–Crippen MR) is 147 cm³/mol. The van der Waals surface area contributed by atoms with Gasteiger partial charge in [-0.1, -0.05) is 6.07 Å². The van der Waals surface area contributed by atoms with Gasteiger partial charge >= 0.3 is 0 Å². The van der Waals surface area contributed by atoms with Gasteiger partial charge in [0.1, 0.15) is 11.5 Å². The minimum Gasteiger partial charge on any atom is -0.508 e. The first-order valence-electron chi connectivity index (χ1n) is 12.1. The van der Waals surface area contributed by atoms with Crippen LogP contribution in [0, 0.1) is 13.8 Å². The molecule has 1 fully saturated rings. The summed E-state index contributed by atoms with van der Waals surface area (Å²) in [4.78, 5) is 6.85. The van der Waals surface area contributed by atoms with Crippen molar-refractivity contribution < 1.29 is 9.84 Å². The molecule has 4 aromatic rings. The number of nitrogens with one attached hydrogen (secondary N) is 1. The summed E-state index contributed by atoms with van der Waals surface area (Å²) in [5, 5.41) is 14.0. The zero-order valence-corrected chi connectivity index (χ0v) is 21.7. The largest absolute Gasteiger partial charge is 0.508 e. The van der Waals surface area contributed by atoms with E-state index in [1.165, 1.54) is 0 Å². The SMILES string of the molecule is Cc1cc(C2C(c3ccccn3)NC(=S)N2c2ccc(OC(C)C)cc2)c(C)n1-c1ccc(O)cc1. The summed E-state index contributed by atoms with van der Waals surface area (Å²) in [6.07, 6.45) is 1.93. The molecule has 36 heavy (non-hydrogen) atoms. The van der Waals surface area contributed by atoms with Gasteiger partial charge in [0.05, 0.1) is 23.9 Å². The van der Waals surface area contributed by atoms with Gasteiger partial charge in [-0.15, -0.1) is 0 Å². The Morgan fingerprint density at radius 2 is 1.67 bits per heavy atom. The van der Waals surface area contributed by atoms with Crippen molar-refractivity contribution in [2.75, 3.05) is 4.90 Å². The van der Waals surface area contributed by atoms with Crippen LogP contribution in [0.3, 0.4) is 0 Å². The number of benzene rings is 2. The Bertz CT molecular complexity index is 1370. The summed E-state index contributed by atoms with van der Waals surface area (Å²) in [5.74, 6) is 1.08. The maximum atomic E-state index is 9.78. The topological polar surface area (TPSA) is 62.5 Å². The molecule has 2 aromatic carbocycles. The van der Waals surface area contributed by atoms with Crippen LogP contribution in [0.5, 0.6) is 11.5 Å². The number of thiocarbonyl (C=S) groups is 1. The maximum Gasteiger partial charge on any atom is 0.174 e. The van der Waals surface area contributed by atoms with Gasteiger partial charge in [-0.05, 0) is 112 Å². The van der Waals surface area contributed by atoms with E-state index in [0.717, 1.165) is 39.8 Å². The van der Waals surface area contributed by atoms with Crippen molar-refractivity contribution in [3.8, 4) is 17.2 Å². The van der Waals surface area contributed by atoms with E-state index in [-0.39, 0.29) is 23.9 Å². The van der Waals surface area contributed by atoms with Gasteiger partial charge in [0.2, 0.25) is 0 Å². The normalized spacial score (nSPS) is 17.5. The second-order valence-electron chi connectivity index (χ2n) is 9.34. The molecule has 0 aliphatic carbocycles. The van der Waals surface area contributed by atoms with Crippen LogP contribution in [0.1, 0.15) is 48.6 Å². The lowest BCUT2D eigenvalue weighted by atomic mass is 9.96. The molecule has 2 atom stereocenters. The Morgan fingerprint density at radius 1 is 0.972 bits per heavy atom. The number of phenolic OH excluding ortho intramolecular Hbond substituents is 1. The number of pyridine rings is 1. The predicted octanol–water partition coefficient (Wildman–Crippen LogP) is 6.16. The molecular weight excluding hydrogens is 468 g/mol. The van der Waals surface area contributed by atoms with Crippen LogP contribution in [0.4, 0.5) is 5.69 Å². The van der Waals surface area contributed by atoms with Crippen molar-refractivity contribution >= 4 is 23.0 Å². The quantitative estimate of drug-likeness (QED) is 0.311. The summed E-state index contributed by atoms with van der Waals surface area (Å²) in [6.45, 7) is 8.27. The molecule has 5 rings (SSSR count). The number of aromatic hydroxyl groups is 1. The Hall–Kier alpha value is -3.84. The lowest BCUT2D eigenvalue weighted by Gasteiger charge is -2.28. The van der Waals surface area contributed by atoms with E-state index in [1.807, 2.05) is 62.5 Å². The Balaban J connectivity index is 1.62. The Labute approximate surface area is 217 Å². The molecule has 7 heteroatoms. The summed E-state index contributed by atoms with van der Waals surface area (Å²) < 4.78 is 8.07. The number of anilines is 1. The lowest BCUT2D eigenvalue weighted by molar-refractivity contribution is 0.242. The van der Waals surface area contributed by atoms with E-state index in [0.29, 0.717) is 5.11 Å². The first kappa shape index (κ1) is 23.9. The molecule has 3 heterocycles. The average molecular weight is 499 g/mol. The van der Waals surface area contributed by atoms with Crippen molar-refractivity contribution in [2.45, 2.75) is 45.9 Å². The highest BCUT2D eigenvalue weighted by Crippen LogP contribution is 2.44. The minimum atomic E-state index is -0.126. The molecule has 0 saturated carbocycles. The van der Waals surface area contributed by atoms with Crippen LogP contribution in [-0.2, 0) is 0 Å². The standard InChI is InChI=1S/C29H30N4O2S/c1-18(2)35-24-14-10-22(11-15-24)33-28(27(31-29(33)36)26-7-5-6-16-30-26)25-17-19(3)32(20(25)4)21-8-12-23(34)13-9-21/h5-18,27-28,34H,1-4H3,(H,31,36). The molecule has 0 bridgehead atoms. The van der Waals surface area contributed by atoms with Crippen LogP contribution in [0.2, 0.25) is 0 Å². The number of nitrogens with zero attached hydrogens (tertiary/aromatic N) is 3. The fraction of sp³-hybridized carbons (Fsp3) is 0.241. The van der Waals surface area contributed by atoms with Gasteiger partial charge < -0.3 is 24.6 Å². The number of hydrogen-bond donors (Lipinski definition) is 2. The number of phenols is 1. The van der Waals surface area contributed by atoms with Crippen LogP contribution in [0.15, 0.2) is 79.0 Å². The molecule has 2 unspecified atom stereocenters. The number of aryl methyl sites for hydroxylation is 1. The third kappa shape index (κ3) is 4.42. The highest BCUT2D eigenvalue weighted by molar-refractivity contribution is 7.80. The smallest absolute Gasteiger partial charge is 0.174 e. The van der Waals surface area contributed by atoms with E-state index in [2.05, 4.69) is 51.8 Å². The van der Waals surface area contributed by atoms with Crippen LogP contribution < -0.4 is 15.0 Å². The third-order valence-corrected chi connectivity index (χ3v) is 6.80. The van der Waals surface area contributed by atoms with Gasteiger partial charge in [0, 0.05) is 29.0 Å². The molecular formula is C29H30N4O2S. The molecule has 0 amide bonds. The van der Waals surface area contributed by atoms with Crippen molar-refractivity contribution in [3.05, 3.63) is 102 Å². The maximum absolute atomic E-state index is 9.78. The zero-order valence-electron chi connectivity index (χ0n) is 20.8. The average Bonchev–Trinajstić information content (AvgIpc) is 3.35. The fourth-order valence-corrected chi connectivity index (χ4v) is 5.34. The van der Waals surface area contributed by atoms with Gasteiger partial charge in [0.25, 0.3) is 0 Å². The molecule has 0 spiro atoms. The zero-order chi connectivity index (χ0) is 25.4. The first-order chi connectivity index (χ1) is 17.3. The summed E-state index contributed by atoms with van der Waals surface area (Å²) in [7, 11) is 0. The van der Waals surface area contributed by atoms with Gasteiger partial charge in [0.15, 0.2) is 5.11 Å². The van der Waals surface area contributed by atoms with Crippen molar-refractivity contribution in [1.29, 1.82) is 0 Å². The van der Waals surface area contributed by atoms with E-state index >= 15 is 0 Å². The van der Waals surface area contributed by atoms with Crippen molar-refractivity contribution in [3.63, 3.8) is 0 Å². The second-order valence-corrected chi connectivity index (χ2v) is 9.72. The number of hydrogen-bond acceptors (Lipinski definition) is 4. The molecule has 0 radical (unpaired) electrons. The molecule has 2 aromatic heterocycles. The minimum absolute atomic E-state index is 0.108. The molecule has 2 N–H and O–H groups in total. The monoisotopic (exact) mass is 498 g/mol. The van der Waals surface area contributed by atoms with Crippen molar-refractivity contribution in [2.24, 2.45) is 0 Å². The highest BCUT2D eigenvalue weighted by Gasteiger charge is 2.42. The molecule has 6 nitrogen and oxygen atoms in total. The van der Waals surface area contributed by atoms with E-state index in [1.54, 1.807) is 12.1 Å². The lowest BCUT2D eigenvalue weighted by Crippen LogP contribution is -2.29. The number of rotatable bonds is 6. The highest BCUT2D eigenvalue weighted by atomic mass is 32.1. The van der Waals surface area contributed by atoms with E-state index in [9.17, 15) is 5.11 Å². The van der Waals surface area contributed by atoms with Gasteiger partial charge in [-0.2, -0.15) is 0 Å². The van der Waals surface area contributed by atoms with E-state index in [4.69, 9.17) is 17.0 Å². The fourth-order valence-electron chi connectivity index (χ4n) is 4.99. The molecule has 1 aliphatic rings. The second kappa shape index (κ2) is 9.66. The molecule has 1 saturated heterocycles. The van der Waals surface area contributed by atoms with Gasteiger partial charge in [-0.25, -0.2) is 0 Å². The summed E-state index contributed by atoms with van der Waals surface area (Å²) in [5.41, 5.74) is 6.29. The summed E-state index contributed by atoms with van der Waals surface area (Å²) in [6, 6.07) is 23.3. The molecule has 184 valence electrons. The van der Waals surface area contributed by atoms with Crippen LogP contribution in [-0.4, -0.2) is 25.9 Å². The first-order valence-corrected chi connectivity index (χ1v) is 12.5. The Kier molecular flexibility index (Phi) is 6.41. The number of ether oxygens (including phenoxy) is 1. The van der Waals surface area contributed by atoms with Gasteiger partial charge in [-0.3, -0.25) is 4.98 Å². The van der Waals surface area contributed by atoms with Crippen LogP contribution >= 0.6 is 12.2 Å². The molecule has 1 aliphatic heterocycles. The van der Waals surface area contributed by atoms with E-state index < -0.39 is 0 Å². The number of aromatic nitrogens is 2. The van der Waals surface area contributed by atoms with Crippen molar-refractivity contribution in [1.82, 2.24) is 14.9 Å². The van der Waals surface area contributed by atoms with Crippen LogP contribution in [0.25, 0.3) is 5.69 Å². The summed E-state index contributed by atoms with van der Waals surface area (Å²) >= 11 is 5.89. The Morgan fingerprint density at radius 3 is 2.31 bits per heavy atom.